The van der Waals surface area contributed by atoms with Crippen LogP contribution < -0.4 is 15.4 Å². The second kappa shape index (κ2) is 7.72. The van der Waals surface area contributed by atoms with E-state index >= 15 is 0 Å². The van der Waals surface area contributed by atoms with Crippen molar-refractivity contribution in [1.29, 1.82) is 0 Å². The Morgan fingerprint density at radius 2 is 1.96 bits per heavy atom. The minimum absolute atomic E-state index is 0.0811. The Hall–Kier alpha value is -3.30. The van der Waals surface area contributed by atoms with E-state index in [1.807, 2.05) is 0 Å². The summed E-state index contributed by atoms with van der Waals surface area (Å²) in [6.45, 7) is -0.340. The van der Waals surface area contributed by atoms with Crippen molar-refractivity contribution in [2.75, 3.05) is 24.3 Å². The molecule has 0 heterocycles. The SMILES string of the molecule is COc1ccc([N+](=O)[O-])cc1NC(=O)CNc1cccc(C(F)(F)F)c1. The van der Waals surface area contributed by atoms with Gasteiger partial charge in [-0.25, -0.2) is 0 Å². The lowest BCUT2D eigenvalue weighted by atomic mass is 10.2. The molecular weight excluding hydrogens is 355 g/mol. The molecule has 2 rings (SSSR count). The van der Waals surface area contributed by atoms with E-state index in [4.69, 9.17) is 4.74 Å². The third-order valence-electron chi connectivity index (χ3n) is 3.31. The molecule has 0 fully saturated rings. The van der Waals surface area contributed by atoms with Crippen LogP contribution in [0.25, 0.3) is 0 Å². The van der Waals surface area contributed by atoms with Crippen LogP contribution in [0.4, 0.5) is 30.2 Å². The van der Waals surface area contributed by atoms with Crippen LogP contribution in [0.15, 0.2) is 42.5 Å². The van der Waals surface area contributed by atoms with Crippen LogP contribution in [0.5, 0.6) is 5.75 Å². The Balaban J connectivity index is 2.06. The van der Waals surface area contributed by atoms with Crippen LogP contribution in [-0.4, -0.2) is 24.5 Å². The molecule has 0 saturated carbocycles. The van der Waals surface area contributed by atoms with Crippen LogP contribution in [-0.2, 0) is 11.0 Å². The van der Waals surface area contributed by atoms with E-state index in [2.05, 4.69) is 10.6 Å². The molecule has 0 saturated heterocycles. The molecule has 0 aliphatic rings. The van der Waals surface area contributed by atoms with Crippen molar-refractivity contribution >= 4 is 23.0 Å². The topological polar surface area (TPSA) is 93.5 Å². The number of hydrogen-bond acceptors (Lipinski definition) is 5. The first-order chi connectivity index (χ1) is 12.2. The van der Waals surface area contributed by atoms with E-state index in [0.717, 1.165) is 18.2 Å². The van der Waals surface area contributed by atoms with Gasteiger partial charge in [0.15, 0.2) is 0 Å². The molecule has 0 spiro atoms. The van der Waals surface area contributed by atoms with Crippen molar-refractivity contribution in [3.63, 3.8) is 0 Å². The third kappa shape index (κ3) is 4.85. The molecule has 7 nitrogen and oxygen atoms in total. The zero-order valence-electron chi connectivity index (χ0n) is 13.5. The molecule has 138 valence electrons. The van der Waals surface area contributed by atoms with Gasteiger partial charge in [0.2, 0.25) is 5.91 Å². The minimum Gasteiger partial charge on any atom is -0.495 e. The number of ether oxygens (including phenoxy) is 1. The van der Waals surface area contributed by atoms with Crippen LogP contribution in [0.3, 0.4) is 0 Å². The summed E-state index contributed by atoms with van der Waals surface area (Å²) in [5.41, 5.74) is -0.895. The molecule has 0 aliphatic carbocycles. The van der Waals surface area contributed by atoms with E-state index < -0.39 is 22.6 Å². The number of nitro benzene ring substituents is 1. The molecule has 0 unspecified atom stereocenters. The van der Waals surface area contributed by atoms with Gasteiger partial charge in [-0.05, 0) is 24.3 Å². The van der Waals surface area contributed by atoms with Gasteiger partial charge < -0.3 is 15.4 Å². The van der Waals surface area contributed by atoms with Gasteiger partial charge in [-0.15, -0.1) is 0 Å². The largest absolute Gasteiger partial charge is 0.495 e. The molecule has 0 atom stereocenters. The second-order valence-corrected chi connectivity index (χ2v) is 5.12. The number of hydrogen-bond donors (Lipinski definition) is 2. The van der Waals surface area contributed by atoms with Crippen LogP contribution in [0.2, 0.25) is 0 Å². The molecule has 2 N–H and O–H groups in total. The highest BCUT2D eigenvalue weighted by Gasteiger charge is 2.30. The van der Waals surface area contributed by atoms with Gasteiger partial charge >= 0.3 is 6.18 Å². The first-order valence-corrected chi connectivity index (χ1v) is 7.24. The molecule has 0 bridgehead atoms. The van der Waals surface area contributed by atoms with Crippen molar-refractivity contribution in [2.24, 2.45) is 0 Å². The number of halogens is 3. The Bertz CT molecular complexity index is 825. The molecule has 26 heavy (non-hydrogen) atoms. The second-order valence-electron chi connectivity index (χ2n) is 5.12. The fourth-order valence-electron chi connectivity index (χ4n) is 2.09. The van der Waals surface area contributed by atoms with Crippen molar-refractivity contribution in [3.05, 3.63) is 58.1 Å². The zero-order valence-corrected chi connectivity index (χ0v) is 13.5. The van der Waals surface area contributed by atoms with Gasteiger partial charge in [-0.2, -0.15) is 13.2 Å². The number of alkyl halides is 3. The predicted octanol–water partition coefficient (Wildman–Crippen LogP) is 3.67. The summed E-state index contributed by atoms with van der Waals surface area (Å²) in [6.07, 6.45) is -4.49. The number of methoxy groups -OCH3 is 1. The number of non-ortho nitro benzene ring substituents is 1. The number of nitrogens with one attached hydrogen (secondary N) is 2. The van der Waals surface area contributed by atoms with E-state index in [0.29, 0.717) is 0 Å². The number of nitrogens with zero attached hydrogens (tertiary/aromatic N) is 1. The molecule has 2 aromatic carbocycles. The average Bonchev–Trinajstić information content (AvgIpc) is 2.59. The quantitative estimate of drug-likeness (QED) is 0.599. The number of benzene rings is 2. The summed E-state index contributed by atoms with van der Waals surface area (Å²) < 4.78 is 43.0. The Morgan fingerprint density at radius 3 is 2.58 bits per heavy atom. The number of anilines is 2. The maximum atomic E-state index is 12.7. The number of rotatable bonds is 6. The highest BCUT2D eigenvalue weighted by Crippen LogP contribution is 2.31. The monoisotopic (exact) mass is 369 g/mol. The summed E-state index contributed by atoms with van der Waals surface area (Å²) in [4.78, 5) is 22.2. The normalized spacial score (nSPS) is 10.9. The Kier molecular flexibility index (Phi) is 5.65. The summed E-state index contributed by atoms with van der Waals surface area (Å²) in [6, 6.07) is 8.06. The molecular formula is C16H14F3N3O4. The van der Waals surface area contributed by atoms with Crippen molar-refractivity contribution in [2.45, 2.75) is 6.18 Å². The lowest BCUT2D eigenvalue weighted by Crippen LogP contribution is -2.22. The lowest BCUT2D eigenvalue weighted by Gasteiger charge is -2.12. The van der Waals surface area contributed by atoms with Crippen LogP contribution in [0, 0.1) is 10.1 Å². The summed E-state index contributed by atoms with van der Waals surface area (Å²) >= 11 is 0. The van der Waals surface area contributed by atoms with Gasteiger partial charge in [0.1, 0.15) is 5.75 Å². The number of nitro groups is 1. The number of amides is 1. The van der Waals surface area contributed by atoms with E-state index in [1.54, 1.807) is 0 Å². The van der Waals surface area contributed by atoms with Gasteiger partial charge in [0.05, 0.1) is 29.8 Å². The van der Waals surface area contributed by atoms with Crippen LogP contribution in [0.1, 0.15) is 5.56 Å². The fraction of sp³-hybridized carbons (Fsp3) is 0.188. The molecule has 10 heteroatoms. The van der Waals surface area contributed by atoms with Gasteiger partial charge in [-0.1, -0.05) is 6.07 Å². The van der Waals surface area contributed by atoms with E-state index in [-0.39, 0.29) is 29.4 Å². The first-order valence-electron chi connectivity index (χ1n) is 7.24. The summed E-state index contributed by atoms with van der Waals surface area (Å²) in [5.74, 6) is -0.399. The average molecular weight is 369 g/mol. The summed E-state index contributed by atoms with van der Waals surface area (Å²) in [5, 5.41) is 15.8. The zero-order chi connectivity index (χ0) is 19.3. The van der Waals surface area contributed by atoms with Gasteiger partial charge in [-0.3, -0.25) is 14.9 Å². The third-order valence-corrected chi connectivity index (χ3v) is 3.31. The molecule has 0 radical (unpaired) electrons. The Morgan fingerprint density at radius 1 is 1.23 bits per heavy atom. The predicted molar refractivity (Wildman–Crippen MR) is 88.2 cm³/mol. The highest BCUT2D eigenvalue weighted by atomic mass is 19.4. The van der Waals surface area contributed by atoms with Crippen molar-refractivity contribution in [3.8, 4) is 5.75 Å². The van der Waals surface area contributed by atoms with Crippen molar-refractivity contribution in [1.82, 2.24) is 0 Å². The maximum Gasteiger partial charge on any atom is 0.416 e. The molecule has 1 amide bonds. The van der Waals surface area contributed by atoms with Gasteiger partial charge in [0, 0.05) is 17.8 Å². The van der Waals surface area contributed by atoms with Crippen LogP contribution >= 0.6 is 0 Å². The molecule has 0 aromatic heterocycles. The number of carbonyl (C=O) groups is 1. The fourth-order valence-corrected chi connectivity index (χ4v) is 2.09. The molecule has 0 aliphatic heterocycles. The number of carbonyl (C=O) groups excluding carboxylic acids is 1. The molecule has 2 aromatic rings. The lowest BCUT2D eigenvalue weighted by molar-refractivity contribution is -0.384. The maximum absolute atomic E-state index is 12.7. The van der Waals surface area contributed by atoms with Gasteiger partial charge in [0.25, 0.3) is 5.69 Å². The summed E-state index contributed by atoms with van der Waals surface area (Å²) in [7, 11) is 1.33. The Labute approximate surface area is 145 Å². The first kappa shape index (κ1) is 19.0. The van der Waals surface area contributed by atoms with E-state index in [9.17, 15) is 28.1 Å². The standard InChI is InChI=1S/C16H14F3N3O4/c1-26-14-6-5-12(22(24)25)8-13(14)21-15(23)9-20-11-4-2-3-10(7-11)16(17,18)19/h2-8,20H,9H2,1H3,(H,21,23). The minimum atomic E-state index is -4.49. The van der Waals surface area contributed by atoms with Crippen molar-refractivity contribution < 1.29 is 27.6 Å². The van der Waals surface area contributed by atoms with E-state index in [1.165, 1.54) is 31.4 Å². The highest BCUT2D eigenvalue weighted by molar-refractivity contribution is 5.95. The smallest absolute Gasteiger partial charge is 0.416 e.